The molecule has 0 bridgehead atoms. The van der Waals surface area contributed by atoms with Crippen molar-refractivity contribution in [3.05, 3.63) is 28.2 Å². The lowest BCUT2D eigenvalue weighted by Crippen LogP contribution is -2.15. The van der Waals surface area contributed by atoms with Crippen molar-refractivity contribution in [1.82, 2.24) is 0 Å². The summed E-state index contributed by atoms with van der Waals surface area (Å²) < 4.78 is 0. The molecule has 0 spiro atoms. The number of rotatable bonds is 3. The maximum Gasteiger partial charge on any atom is 0.0872 e. The van der Waals surface area contributed by atoms with Crippen LogP contribution in [0.4, 0.5) is 5.69 Å². The second-order valence-corrected chi connectivity index (χ2v) is 3.66. The number of hydrogen-bond donors (Lipinski definition) is 1. The van der Waals surface area contributed by atoms with Crippen molar-refractivity contribution >= 4 is 28.9 Å². The van der Waals surface area contributed by atoms with Crippen LogP contribution in [-0.2, 0) is 0 Å². The smallest absolute Gasteiger partial charge is 0.0872 e. The van der Waals surface area contributed by atoms with Crippen molar-refractivity contribution in [3.63, 3.8) is 0 Å². The van der Waals surface area contributed by atoms with E-state index < -0.39 is 0 Å². The largest absolute Gasteiger partial charge is 0.370 e. The first-order valence-electron chi connectivity index (χ1n) is 4.35. The molecule has 0 fully saturated rings. The lowest BCUT2D eigenvalue weighted by Gasteiger charge is -2.13. The molecule has 0 saturated carbocycles. The molecule has 0 aliphatic rings. The molecule has 74 valence electrons. The highest BCUT2D eigenvalue weighted by molar-refractivity contribution is 6.43. The summed E-state index contributed by atoms with van der Waals surface area (Å²) in [4.78, 5) is 0. The Balaban J connectivity index is 2.87. The fourth-order valence-corrected chi connectivity index (χ4v) is 1.42. The minimum Gasteiger partial charge on any atom is -0.370 e. The average molecular weight is 228 g/mol. The molecule has 1 nitrogen and oxygen atoms in total. The summed E-state index contributed by atoms with van der Waals surface area (Å²) in [5.41, 5.74) is 0.781. The first-order valence-corrected chi connectivity index (χ1v) is 5.11. The van der Waals surface area contributed by atoms with Gasteiger partial charge in [0.1, 0.15) is 0 Å². The van der Waals surface area contributed by atoms with Gasteiger partial charge in [0.15, 0.2) is 0 Å². The van der Waals surface area contributed by atoms with Crippen LogP contribution in [0.25, 0.3) is 0 Å². The molecule has 1 unspecified atom stereocenters. The molecule has 0 saturated heterocycles. The van der Waals surface area contributed by atoms with Crippen molar-refractivity contribution in [1.29, 1.82) is 0 Å². The van der Waals surface area contributed by atoms with Gasteiger partial charge in [0.05, 0.1) is 21.8 Å². The summed E-state index contributed by atoms with van der Waals surface area (Å²) in [6, 6.07) is 5.42. The minimum absolute atomic E-state index is 0.00836. The van der Waals surface area contributed by atoms with Gasteiger partial charge in [-0.25, -0.2) is 0 Å². The van der Waals surface area contributed by atoms with Crippen LogP contribution < -0.4 is 5.32 Å². The summed E-state index contributed by atoms with van der Waals surface area (Å²) in [7, 11) is 0. The third-order valence-corrected chi connectivity index (χ3v) is 2.71. The molecule has 0 heterocycles. The average Bonchev–Trinajstić information content (AvgIpc) is 2.20. The maximum absolute atomic E-state index is 5.99. The van der Waals surface area contributed by atoms with Gasteiger partial charge in [-0.3, -0.25) is 0 Å². The van der Waals surface area contributed by atoms with Crippen LogP contribution in [0.1, 0.15) is 13.3 Å². The minimum atomic E-state index is -0.00836. The summed E-state index contributed by atoms with van der Waals surface area (Å²) >= 11 is 11.8. The Bertz CT molecular complexity index is 355. The Morgan fingerprint density at radius 2 is 2.21 bits per heavy atom. The lowest BCUT2D eigenvalue weighted by atomic mass is 10.2. The van der Waals surface area contributed by atoms with E-state index >= 15 is 0 Å². The van der Waals surface area contributed by atoms with E-state index in [0.717, 1.165) is 12.1 Å². The van der Waals surface area contributed by atoms with Crippen LogP contribution in [0.2, 0.25) is 10.0 Å². The Hall–Kier alpha value is -0.840. The molecule has 0 aliphatic heterocycles. The van der Waals surface area contributed by atoms with Gasteiger partial charge in [-0.15, -0.1) is 6.42 Å². The van der Waals surface area contributed by atoms with Crippen molar-refractivity contribution < 1.29 is 0 Å². The number of nitrogens with one attached hydrogen (secondary N) is 1. The summed E-state index contributed by atoms with van der Waals surface area (Å²) in [5.74, 6) is 2.63. The molecular formula is C11H11Cl2N. The van der Waals surface area contributed by atoms with E-state index in [1.54, 1.807) is 6.07 Å². The van der Waals surface area contributed by atoms with E-state index in [1.807, 2.05) is 19.1 Å². The van der Waals surface area contributed by atoms with Gasteiger partial charge < -0.3 is 5.32 Å². The van der Waals surface area contributed by atoms with Gasteiger partial charge in [-0.2, -0.15) is 0 Å². The van der Waals surface area contributed by atoms with E-state index in [2.05, 4.69) is 11.2 Å². The predicted molar refractivity (Wildman–Crippen MR) is 63.0 cm³/mol. The SMILES string of the molecule is C#CC(CC)Nc1cccc(Cl)c1Cl. The van der Waals surface area contributed by atoms with E-state index in [1.165, 1.54) is 0 Å². The van der Waals surface area contributed by atoms with Gasteiger partial charge in [0, 0.05) is 0 Å². The van der Waals surface area contributed by atoms with E-state index in [-0.39, 0.29) is 6.04 Å². The molecule has 1 aromatic carbocycles. The second-order valence-electron chi connectivity index (χ2n) is 2.87. The van der Waals surface area contributed by atoms with Gasteiger partial charge in [-0.05, 0) is 18.6 Å². The molecule has 1 aromatic rings. The van der Waals surface area contributed by atoms with Crippen LogP contribution in [-0.4, -0.2) is 6.04 Å². The van der Waals surface area contributed by atoms with Crippen molar-refractivity contribution in [2.24, 2.45) is 0 Å². The van der Waals surface area contributed by atoms with Crippen molar-refractivity contribution in [2.45, 2.75) is 19.4 Å². The second kappa shape index (κ2) is 5.14. The molecular weight excluding hydrogens is 217 g/mol. The highest BCUT2D eigenvalue weighted by Crippen LogP contribution is 2.29. The maximum atomic E-state index is 5.99. The quantitative estimate of drug-likeness (QED) is 0.775. The van der Waals surface area contributed by atoms with Crippen LogP contribution in [0.15, 0.2) is 18.2 Å². The van der Waals surface area contributed by atoms with Crippen LogP contribution in [0.3, 0.4) is 0 Å². The number of benzene rings is 1. The van der Waals surface area contributed by atoms with Crippen molar-refractivity contribution in [2.75, 3.05) is 5.32 Å². The van der Waals surface area contributed by atoms with Gasteiger partial charge in [0.25, 0.3) is 0 Å². The number of hydrogen-bond acceptors (Lipinski definition) is 1. The van der Waals surface area contributed by atoms with Crippen LogP contribution in [0, 0.1) is 12.3 Å². The van der Waals surface area contributed by atoms with Gasteiger partial charge >= 0.3 is 0 Å². The Labute approximate surface area is 94.4 Å². The van der Waals surface area contributed by atoms with E-state index in [9.17, 15) is 0 Å². The zero-order valence-electron chi connectivity index (χ0n) is 7.85. The first-order chi connectivity index (χ1) is 6.69. The zero-order valence-corrected chi connectivity index (χ0v) is 9.36. The van der Waals surface area contributed by atoms with Gasteiger partial charge in [-0.1, -0.05) is 42.1 Å². The highest BCUT2D eigenvalue weighted by Gasteiger charge is 2.07. The molecule has 0 radical (unpaired) electrons. The summed E-state index contributed by atoms with van der Waals surface area (Å²) in [6.07, 6.45) is 6.18. The Morgan fingerprint density at radius 3 is 2.79 bits per heavy atom. The fourth-order valence-electron chi connectivity index (χ4n) is 1.06. The van der Waals surface area contributed by atoms with Crippen LogP contribution in [0.5, 0.6) is 0 Å². The standard InChI is InChI=1S/C11H11Cl2N/c1-3-8(4-2)14-10-7-5-6-9(12)11(10)13/h1,5-8,14H,4H2,2H3. The monoisotopic (exact) mass is 227 g/mol. The van der Waals surface area contributed by atoms with E-state index in [4.69, 9.17) is 29.6 Å². The van der Waals surface area contributed by atoms with Gasteiger partial charge in [0.2, 0.25) is 0 Å². The summed E-state index contributed by atoms with van der Waals surface area (Å²) in [6.45, 7) is 2.01. The third kappa shape index (κ3) is 2.57. The Morgan fingerprint density at radius 1 is 1.50 bits per heavy atom. The number of halogens is 2. The zero-order chi connectivity index (χ0) is 10.6. The molecule has 1 rings (SSSR count). The van der Waals surface area contributed by atoms with E-state index in [0.29, 0.717) is 10.0 Å². The molecule has 1 N–H and O–H groups in total. The lowest BCUT2D eigenvalue weighted by molar-refractivity contribution is 0.858. The molecule has 0 amide bonds. The van der Waals surface area contributed by atoms with Crippen molar-refractivity contribution in [3.8, 4) is 12.3 Å². The molecule has 0 aromatic heterocycles. The summed E-state index contributed by atoms with van der Waals surface area (Å²) in [5, 5.41) is 4.18. The molecule has 3 heteroatoms. The topological polar surface area (TPSA) is 12.0 Å². The first kappa shape index (κ1) is 11.2. The highest BCUT2D eigenvalue weighted by atomic mass is 35.5. The molecule has 1 atom stereocenters. The van der Waals surface area contributed by atoms with Crippen LogP contribution >= 0.6 is 23.2 Å². The fraction of sp³-hybridized carbons (Fsp3) is 0.273. The number of terminal acetylenes is 1. The Kier molecular flexibility index (Phi) is 4.13. The molecule has 0 aliphatic carbocycles. The third-order valence-electron chi connectivity index (χ3n) is 1.89. The number of anilines is 1. The molecule has 14 heavy (non-hydrogen) atoms. The predicted octanol–water partition coefficient (Wildman–Crippen LogP) is 3.82. The normalized spacial score (nSPS) is 11.9.